The molecule has 0 unspecified atom stereocenters. The molecule has 1 N–H and O–H groups in total. The third-order valence-electron chi connectivity index (χ3n) is 4.67. The summed E-state index contributed by atoms with van der Waals surface area (Å²) >= 11 is 0. The molecule has 1 amide bonds. The zero-order chi connectivity index (χ0) is 14.8. The van der Waals surface area contributed by atoms with Crippen molar-refractivity contribution in [2.75, 3.05) is 32.4 Å². The van der Waals surface area contributed by atoms with Crippen LogP contribution in [0, 0.1) is 5.92 Å². The van der Waals surface area contributed by atoms with Crippen molar-refractivity contribution in [3.8, 4) is 0 Å². The largest absolute Gasteiger partial charge is 0.341 e. The van der Waals surface area contributed by atoms with Gasteiger partial charge in [0.2, 0.25) is 5.91 Å². The fraction of sp³-hybridized carbons (Fsp3) is 0.786. The first-order valence-electron chi connectivity index (χ1n) is 7.23. The van der Waals surface area contributed by atoms with E-state index < -0.39 is 14.6 Å². The minimum absolute atomic E-state index is 0. The second-order valence-electron chi connectivity index (χ2n) is 5.88. The van der Waals surface area contributed by atoms with E-state index in [9.17, 15) is 13.2 Å². The van der Waals surface area contributed by atoms with Crippen LogP contribution in [0.2, 0.25) is 0 Å². The number of carbonyl (C=O) groups is 1. The van der Waals surface area contributed by atoms with Crippen molar-refractivity contribution in [3.63, 3.8) is 0 Å². The van der Waals surface area contributed by atoms with Gasteiger partial charge >= 0.3 is 0 Å². The second-order valence-corrected chi connectivity index (χ2v) is 8.21. The van der Waals surface area contributed by atoms with Crippen LogP contribution in [-0.2, 0) is 14.6 Å². The summed E-state index contributed by atoms with van der Waals surface area (Å²) in [6, 6.07) is 0. The van der Waals surface area contributed by atoms with Gasteiger partial charge in [0.15, 0.2) is 14.6 Å². The lowest BCUT2D eigenvalue weighted by Gasteiger charge is -2.40. The van der Waals surface area contributed by atoms with Crippen LogP contribution in [0.1, 0.15) is 25.7 Å². The molecule has 2 aliphatic heterocycles. The van der Waals surface area contributed by atoms with E-state index >= 15 is 0 Å². The van der Waals surface area contributed by atoms with E-state index in [1.54, 1.807) is 4.90 Å². The average Bonchev–Trinajstić information content (AvgIpc) is 2.46. The monoisotopic (exact) mass is 336 g/mol. The highest BCUT2D eigenvalue weighted by molar-refractivity contribution is 7.92. The summed E-state index contributed by atoms with van der Waals surface area (Å²) < 4.78 is 23.2. The number of sulfone groups is 1. The molecule has 5 nitrogen and oxygen atoms in total. The summed E-state index contributed by atoms with van der Waals surface area (Å²) in [5.74, 6) is 0.255. The Morgan fingerprint density at radius 1 is 1.29 bits per heavy atom. The number of hydrogen-bond acceptors (Lipinski definition) is 4. The third-order valence-corrected chi connectivity index (χ3v) is 6.67. The molecule has 0 aromatic heterocycles. The minimum atomic E-state index is -3.41. The van der Waals surface area contributed by atoms with Crippen LogP contribution < -0.4 is 5.32 Å². The van der Waals surface area contributed by atoms with Crippen molar-refractivity contribution >= 4 is 28.2 Å². The Balaban J connectivity index is 0.00000220. The van der Waals surface area contributed by atoms with Gasteiger partial charge in [0.1, 0.15) is 0 Å². The predicted octanol–water partition coefficient (Wildman–Crippen LogP) is 1.000. The number of likely N-dealkylation sites (tertiary alicyclic amines) is 1. The van der Waals surface area contributed by atoms with Crippen LogP contribution in [-0.4, -0.2) is 56.4 Å². The fourth-order valence-corrected chi connectivity index (χ4v) is 4.59. The lowest BCUT2D eigenvalue weighted by atomic mass is 9.92. The standard InChI is InChI=1S/C14H24N2O3S.ClH/c1-3-12-4-10-16(11-5-12)13(17)14(20(2,18)19)6-8-15-9-7-14;/h3,12,15H,1,4-11H2,2H3;1H. The van der Waals surface area contributed by atoms with E-state index in [1.807, 2.05) is 6.08 Å². The molecule has 0 saturated carbocycles. The van der Waals surface area contributed by atoms with E-state index in [0.717, 1.165) is 12.8 Å². The van der Waals surface area contributed by atoms with Gasteiger partial charge < -0.3 is 10.2 Å². The van der Waals surface area contributed by atoms with E-state index in [2.05, 4.69) is 11.9 Å². The lowest BCUT2D eigenvalue weighted by Crippen LogP contribution is -2.59. The highest BCUT2D eigenvalue weighted by atomic mass is 35.5. The number of halogens is 1. The van der Waals surface area contributed by atoms with E-state index in [4.69, 9.17) is 0 Å². The van der Waals surface area contributed by atoms with Crippen molar-refractivity contribution in [1.82, 2.24) is 10.2 Å². The molecule has 2 aliphatic rings. The molecule has 0 aliphatic carbocycles. The smallest absolute Gasteiger partial charge is 0.244 e. The van der Waals surface area contributed by atoms with Gasteiger partial charge in [-0.15, -0.1) is 19.0 Å². The number of allylic oxidation sites excluding steroid dienone is 1. The number of carbonyl (C=O) groups excluding carboxylic acids is 1. The first kappa shape index (κ1) is 18.5. The summed E-state index contributed by atoms with van der Waals surface area (Å²) in [6.45, 7) is 6.24. The van der Waals surface area contributed by atoms with Gasteiger partial charge in [-0.25, -0.2) is 8.42 Å². The van der Waals surface area contributed by atoms with E-state index in [0.29, 0.717) is 44.9 Å². The third kappa shape index (κ3) is 3.60. The Bertz CT molecular complexity index is 478. The highest BCUT2D eigenvalue weighted by Crippen LogP contribution is 2.31. The van der Waals surface area contributed by atoms with E-state index in [1.165, 1.54) is 6.26 Å². The molecule has 2 heterocycles. The van der Waals surface area contributed by atoms with Gasteiger partial charge in [-0.05, 0) is 44.7 Å². The maximum atomic E-state index is 12.8. The topological polar surface area (TPSA) is 66.5 Å². The fourth-order valence-electron chi connectivity index (χ4n) is 3.20. The van der Waals surface area contributed by atoms with Crippen molar-refractivity contribution in [1.29, 1.82) is 0 Å². The highest BCUT2D eigenvalue weighted by Gasteiger charge is 2.50. The molecular formula is C14H25ClN2O3S. The van der Waals surface area contributed by atoms with Crippen LogP contribution in [0.5, 0.6) is 0 Å². The Hall–Kier alpha value is -0.590. The molecular weight excluding hydrogens is 312 g/mol. The molecule has 0 radical (unpaired) electrons. The molecule has 2 saturated heterocycles. The number of amides is 1. The molecule has 0 atom stereocenters. The van der Waals surface area contributed by atoms with Crippen LogP contribution in [0.3, 0.4) is 0 Å². The van der Waals surface area contributed by atoms with Crippen LogP contribution in [0.15, 0.2) is 12.7 Å². The summed E-state index contributed by atoms with van der Waals surface area (Å²) in [6.07, 6.45) is 5.66. The van der Waals surface area contributed by atoms with Crippen molar-refractivity contribution < 1.29 is 13.2 Å². The Morgan fingerprint density at radius 3 is 2.24 bits per heavy atom. The molecule has 0 aromatic rings. The SMILES string of the molecule is C=CC1CCN(C(=O)C2(S(C)(=O)=O)CCNCC2)CC1.Cl. The zero-order valence-electron chi connectivity index (χ0n) is 12.5. The molecule has 0 bridgehead atoms. The summed E-state index contributed by atoms with van der Waals surface area (Å²) in [7, 11) is -3.41. The average molecular weight is 337 g/mol. The van der Waals surface area contributed by atoms with E-state index in [-0.39, 0.29) is 18.3 Å². The molecule has 7 heteroatoms. The van der Waals surface area contributed by atoms with Gasteiger partial charge in [-0.3, -0.25) is 4.79 Å². The molecule has 2 fully saturated rings. The Labute approximate surface area is 133 Å². The first-order chi connectivity index (χ1) is 9.40. The van der Waals surface area contributed by atoms with Crippen LogP contribution in [0.4, 0.5) is 0 Å². The Kier molecular flexibility index (Phi) is 6.25. The molecule has 21 heavy (non-hydrogen) atoms. The Morgan fingerprint density at radius 2 is 1.81 bits per heavy atom. The zero-order valence-corrected chi connectivity index (χ0v) is 14.1. The van der Waals surface area contributed by atoms with Gasteiger partial charge in [0, 0.05) is 19.3 Å². The predicted molar refractivity (Wildman–Crippen MR) is 86.4 cm³/mol. The maximum Gasteiger partial charge on any atom is 0.244 e. The normalized spacial score (nSPS) is 23.2. The van der Waals surface area contributed by atoms with Gasteiger partial charge in [-0.1, -0.05) is 6.08 Å². The molecule has 2 rings (SSSR count). The summed E-state index contributed by atoms with van der Waals surface area (Å²) in [5, 5.41) is 3.14. The van der Waals surface area contributed by atoms with Gasteiger partial charge in [0.05, 0.1) is 0 Å². The lowest BCUT2D eigenvalue weighted by molar-refractivity contribution is -0.136. The number of piperidine rings is 2. The summed E-state index contributed by atoms with van der Waals surface area (Å²) in [5.41, 5.74) is 0. The molecule has 0 spiro atoms. The number of nitrogens with zero attached hydrogens (tertiary/aromatic N) is 1. The quantitative estimate of drug-likeness (QED) is 0.781. The first-order valence-corrected chi connectivity index (χ1v) is 9.12. The van der Waals surface area contributed by atoms with Crippen molar-refractivity contribution in [3.05, 3.63) is 12.7 Å². The van der Waals surface area contributed by atoms with Crippen molar-refractivity contribution in [2.45, 2.75) is 30.4 Å². The van der Waals surface area contributed by atoms with Gasteiger partial charge in [-0.2, -0.15) is 0 Å². The minimum Gasteiger partial charge on any atom is -0.341 e. The maximum absolute atomic E-state index is 12.8. The molecule has 122 valence electrons. The number of nitrogens with one attached hydrogen (secondary N) is 1. The molecule has 0 aromatic carbocycles. The number of rotatable bonds is 3. The van der Waals surface area contributed by atoms with Crippen molar-refractivity contribution in [2.24, 2.45) is 5.92 Å². The van der Waals surface area contributed by atoms with Gasteiger partial charge in [0.25, 0.3) is 0 Å². The second kappa shape index (κ2) is 7.11. The summed E-state index contributed by atoms with van der Waals surface area (Å²) in [4.78, 5) is 14.6. The number of hydrogen-bond donors (Lipinski definition) is 1. The van der Waals surface area contributed by atoms with Crippen LogP contribution in [0.25, 0.3) is 0 Å². The van der Waals surface area contributed by atoms with Crippen LogP contribution >= 0.6 is 12.4 Å².